The molecular weight excluding hydrogens is 345 g/mol. The van der Waals surface area contributed by atoms with Gasteiger partial charge < -0.3 is 10.1 Å². The normalized spacial score (nSPS) is 10.7. The lowest BCUT2D eigenvalue weighted by molar-refractivity contribution is -0.111. The quantitative estimate of drug-likeness (QED) is 0.754. The Morgan fingerprint density at radius 3 is 2.45 bits per heavy atom. The average molecular weight is 357 g/mol. The van der Waals surface area contributed by atoms with Crippen molar-refractivity contribution in [2.45, 2.75) is 0 Å². The van der Waals surface area contributed by atoms with Crippen LogP contribution in [0, 0.1) is 0 Å². The number of hydrogen-bond acceptors (Lipinski definition) is 2. The number of hydrogen-bond donors (Lipinski definition) is 1. The van der Waals surface area contributed by atoms with Crippen molar-refractivity contribution in [1.29, 1.82) is 0 Å². The summed E-state index contributed by atoms with van der Waals surface area (Å²) in [5, 5.41) is 4.04. The molecule has 114 valence electrons. The Bertz CT molecular complexity index is 729. The number of ether oxygens (including phenoxy) is 1. The fraction of sp³-hybridized carbons (Fsp3) is 0.0625. The van der Waals surface area contributed by atoms with Gasteiger partial charge in [-0.15, -0.1) is 0 Å². The van der Waals surface area contributed by atoms with Crippen LogP contribution in [0.2, 0.25) is 15.1 Å². The third-order valence-electron chi connectivity index (χ3n) is 2.79. The van der Waals surface area contributed by atoms with E-state index in [1.807, 2.05) is 0 Å². The third-order valence-corrected chi connectivity index (χ3v) is 3.82. The van der Waals surface area contributed by atoms with E-state index < -0.39 is 0 Å². The van der Waals surface area contributed by atoms with Crippen LogP contribution in [0.3, 0.4) is 0 Å². The monoisotopic (exact) mass is 355 g/mol. The molecule has 0 saturated heterocycles. The molecule has 0 aliphatic carbocycles. The van der Waals surface area contributed by atoms with Crippen LogP contribution in [-0.2, 0) is 4.79 Å². The second-order valence-electron chi connectivity index (χ2n) is 4.35. The summed E-state index contributed by atoms with van der Waals surface area (Å²) in [5.41, 5.74) is 1.35. The summed E-state index contributed by atoms with van der Waals surface area (Å²) >= 11 is 17.7. The SMILES string of the molecule is COc1ccc(NC(=O)/C=C/c2ccc(Cl)c(Cl)c2)cc1Cl. The highest BCUT2D eigenvalue weighted by Crippen LogP contribution is 2.27. The van der Waals surface area contributed by atoms with Crippen LogP contribution >= 0.6 is 34.8 Å². The summed E-state index contributed by atoms with van der Waals surface area (Å²) in [7, 11) is 1.53. The Labute approximate surface area is 143 Å². The minimum Gasteiger partial charge on any atom is -0.495 e. The van der Waals surface area contributed by atoms with Gasteiger partial charge in [0, 0.05) is 11.8 Å². The first kappa shape index (κ1) is 16.7. The maximum Gasteiger partial charge on any atom is 0.248 e. The van der Waals surface area contributed by atoms with Gasteiger partial charge in [-0.2, -0.15) is 0 Å². The Kier molecular flexibility index (Phi) is 5.72. The molecule has 0 heterocycles. The van der Waals surface area contributed by atoms with Crippen molar-refractivity contribution in [3.8, 4) is 5.75 Å². The van der Waals surface area contributed by atoms with Crippen LogP contribution < -0.4 is 10.1 Å². The molecule has 3 nitrogen and oxygen atoms in total. The predicted molar refractivity (Wildman–Crippen MR) is 92.1 cm³/mol. The maximum atomic E-state index is 11.9. The van der Waals surface area contributed by atoms with Gasteiger partial charge in [0.15, 0.2) is 0 Å². The van der Waals surface area contributed by atoms with Crippen LogP contribution in [0.5, 0.6) is 5.75 Å². The smallest absolute Gasteiger partial charge is 0.248 e. The molecule has 22 heavy (non-hydrogen) atoms. The van der Waals surface area contributed by atoms with Gasteiger partial charge in [0.1, 0.15) is 5.75 Å². The average Bonchev–Trinajstić information content (AvgIpc) is 2.49. The van der Waals surface area contributed by atoms with Crippen molar-refractivity contribution >= 4 is 52.5 Å². The molecule has 0 aliphatic rings. The molecule has 2 aromatic carbocycles. The van der Waals surface area contributed by atoms with Gasteiger partial charge in [-0.3, -0.25) is 4.79 Å². The molecule has 0 bridgehead atoms. The summed E-state index contributed by atoms with van der Waals surface area (Å²) in [6.45, 7) is 0. The van der Waals surface area contributed by atoms with E-state index in [1.165, 1.54) is 13.2 Å². The van der Waals surface area contributed by atoms with Crippen molar-refractivity contribution in [3.05, 3.63) is 63.1 Å². The Morgan fingerprint density at radius 1 is 1.05 bits per heavy atom. The number of nitrogens with one attached hydrogen (secondary N) is 1. The Balaban J connectivity index is 2.04. The first-order chi connectivity index (χ1) is 10.5. The molecule has 0 saturated carbocycles. The highest BCUT2D eigenvalue weighted by atomic mass is 35.5. The first-order valence-electron chi connectivity index (χ1n) is 6.27. The summed E-state index contributed by atoms with van der Waals surface area (Å²) in [6.07, 6.45) is 3.04. The summed E-state index contributed by atoms with van der Waals surface area (Å²) < 4.78 is 5.05. The van der Waals surface area contributed by atoms with E-state index in [2.05, 4.69) is 5.32 Å². The standard InChI is InChI=1S/C16H12Cl3NO2/c1-22-15-6-4-11(9-14(15)19)20-16(21)7-3-10-2-5-12(17)13(18)8-10/h2-9H,1H3,(H,20,21)/b7-3+. The minimum absolute atomic E-state index is 0.285. The van der Waals surface area contributed by atoms with Gasteiger partial charge in [0.25, 0.3) is 0 Å². The van der Waals surface area contributed by atoms with Gasteiger partial charge in [0.2, 0.25) is 5.91 Å². The molecule has 1 amide bonds. The number of methoxy groups -OCH3 is 1. The van der Waals surface area contributed by atoms with Crippen molar-refractivity contribution < 1.29 is 9.53 Å². The number of amides is 1. The van der Waals surface area contributed by atoms with Gasteiger partial charge in [0.05, 0.1) is 22.2 Å². The topological polar surface area (TPSA) is 38.3 Å². The molecule has 0 aromatic heterocycles. The molecule has 2 rings (SSSR count). The van der Waals surface area contributed by atoms with E-state index in [0.29, 0.717) is 26.5 Å². The van der Waals surface area contributed by atoms with Crippen molar-refractivity contribution in [3.63, 3.8) is 0 Å². The molecule has 0 aliphatic heterocycles. The lowest BCUT2D eigenvalue weighted by atomic mass is 10.2. The fourth-order valence-electron chi connectivity index (χ4n) is 1.72. The summed E-state index contributed by atoms with van der Waals surface area (Å²) in [5.74, 6) is 0.262. The number of benzene rings is 2. The second kappa shape index (κ2) is 7.54. The molecule has 0 atom stereocenters. The zero-order valence-corrected chi connectivity index (χ0v) is 13.8. The number of carbonyl (C=O) groups is 1. The summed E-state index contributed by atoms with van der Waals surface area (Å²) in [6, 6.07) is 10.1. The van der Waals surface area contributed by atoms with E-state index in [1.54, 1.807) is 42.5 Å². The molecule has 6 heteroatoms. The zero-order chi connectivity index (χ0) is 16.1. The van der Waals surface area contributed by atoms with E-state index in [0.717, 1.165) is 5.56 Å². The lowest BCUT2D eigenvalue weighted by Crippen LogP contribution is -2.07. The van der Waals surface area contributed by atoms with Crippen LogP contribution in [-0.4, -0.2) is 13.0 Å². The number of anilines is 1. The van der Waals surface area contributed by atoms with Crippen LogP contribution in [0.4, 0.5) is 5.69 Å². The largest absolute Gasteiger partial charge is 0.495 e. The maximum absolute atomic E-state index is 11.9. The highest BCUT2D eigenvalue weighted by molar-refractivity contribution is 6.42. The second-order valence-corrected chi connectivity index (χ2v) is 5.57. The molecule has 0 unspecified atom stereocenters. The fourth-order valence-corrected chi connectivity index (χ4v) is 2.28. The van der Waals surface area contributed by atoms with Crippen molar-refractivity contribution in [2.24, 2.45) is 0 Å². The van der Waals surface area contributed by atoms with Crippen molar-refractivity contribution in [2.75, 3.05) is 12.4 Å². The lowest BCUT2D eigenvalue weighted by Gasteiger charge is -2.06. The summed E-state index contributed by atoms with van der Waals surface area (Å²) in [4.78, 5) is 11.9. The van der Waals surface area contributed by atoms with Crippen LogP contribution in [0.25, 0.3) is 6.08 Å². The van der Waals surface area contributed by atoms with E-state index in [9.17, 15) is 4.79 Å². The minimum atomic E-state index is -0.285. The van der Waals surface area contributed by atoms with Gasteiger partial charge in [-0.05, 0) is 42.0 Å². The molecule has 0 spiro atoms. The number of rotatable bonds is 4. The number of carbonyl (C=O) groups excluding carboxylic acids is 1. The Morgan fingerprint density at radius 2 is 1.82 bits per heavy atom. The predicted octanol–water partition coefficient (Wildman–Crippen LogP) is 5.31. The van der Waals surface area contributed by atoms with Gasteiger partial charge in [-0.1, -0.05) is 40.9 Å². The highest BCUT2D eigenvalue weighted by Gasteiger charge is 2.04. The van der Waals surface area contributed by atoms with Gasteiger partial charge >= 0.3 is 0 Å². The Hall–Kier alpha value is -1.68. The van der Waals surface area contributed by atoms with Crippen LogP contribution in [0.1, 0.15) is 5.56 Å². The molecule has 0 radical (unpaired) electrons. The van der Waals surface area contributed by atoms with E-state index in [4.69, 9.17) is 39.5 Å². The first-order valence-corrected chi connectivity index (χ1v) is 7.40. The zero-order valence-electron chi connectivity index (χ0n) is 11.6. The molecule has 0 fully saturated rings. The molecule has 2 aromatic rings. The van der Waals surface area contributed by atoms with Crippen molar-refractivity contribution in [1.82, 2.24) is 0 Å². The van der Waals surface area contributed by atoms with Gasteiger partial charge in [-0.25, -0.2) is 0 Å². The van der Waals surface area contributed by atoms with E-state index in [-0.39, 0.29) is 5.91 Å². The molecule has 1 N–H and O–H groups in total. The third kappa shape index (κ3) is 4.41. The molecular formula is C16H12Cl3NO2. The number of halogens is 3. The van der Waals surface area contributed by atoms with E-state index >= 15 is 0 Å². The van der Waals surface area contributed by atoms with Crippen LogP contribution in [0.15, 0.2) is 42.5 Å².